The minimum atomic E-state index is -0.177. The van der Waals surface area contributed by atoms with Crippen LogP contribution in [-0.4, -0.2) is 37.8 Å². The number of carbonyl (C=O) groups excluding carboxylic acids is 1. The Bertz CT molecular complexity index is 822. The number of rotatable bonds is 3. The normalized spacial score (nSPS) is 10.9. The number of nitrogens with one attached hydrogen (secondary N) is 1. The second-order valence-electron chi connectivity index (χ2n) is 5.41. The average Bonchev–Trinajstić information content (AvgIpc) is 2.88. The van der Waals surface area contributed by atoms with Crippen LogP contribution in [0.15, 0.2) is 30.6 Å². The van der Waals surface area contributed by atoms with Gasteiger partial charge in [0.25, 0.3) is 5.91 Å². The van der Waals surface area contributed by atoms with Crippen LogP contribution in [0.5, 0.6) is 0 Å². The molecule has 3 aromatic rings. The van der Waals surface area contributed by atoms with Gasteiger partial charge in [-0.15, -0.1) is 0 Å². The number of aryl methyl sites for hydroxylation is 2. The van der Waals surface area contributed by atoms with E-state index >= 15 is 0 Å². The number of benzene rings is 1. The summed E-state index contributed by atoms with van der Waals surface area (Å²) in [5, 5.41) is 0. The fourth-order valence-electron chi connectivity index (χ4n) is 2.25. The molecule has 1 aromatic carbocycles. The zero-order valence-corrected chi connectivity index (χ0v) is 12.8. The fraction of sp³-hybridized carbons (Fsp3) is 0.250. The molecule has 22 heavy (non-hydrogen) atoms. The van der Waals surface area contributed by atoms with Gasteiger partial charge in [-0.1, -0.05) is 6.07 Å². The molecule has 0 radical (unpaired) electrons. The third kappa shape index (κ3) is 2.81. The quantitative estimate of drug-likeness (QED) is 0.804. The number of carbonyl (C=O) groups is 1. The van der Waals surface area contributed by atoms with Gasteiger partial charge in [0.15, 0.2) is 0 Å². The molecule has 6 heteroatoms. The first kappa shape index (κ1) is 14.2. The van der Waals surface area contributed by atoms with E-state index in [1.807, 2.05) is 32.0 Å². The first-order valence-electron chi connectivity index (χ1n) is 7.02. The van der Waals surface area contributed by atoms with E-state index in [1.165, 1.54) is 11.8 Å². The summed E-state index contributed by atoms with van der Waals surface area (Å²) in [7, 11) is 1.72. The second kappa shape index (κ2) is 5.55. The van der Waals surface area contributed by atoms with Crippen molar-refractivity contribution >= 4 is 16.9 Å². The van der Waals surface area contributed by atoms with Gasteiger partial charge < -0.3 is 9.88 Å². The van der Waals surface area contributed by atoms with Crippen molar-refractivity contribution in [3.63, 3.8) is 0 Å². The molecule has 0 aliphatic carbocycles. The molecule has 0 spiro atoms. The number of imidazole rings is 1. The van der Waals surface area contributed by atoms with Crippen molar-refractivity contribution in [2.24, 2.45) is 0 Å². The summed E-state index contributed by atoms with van der Waals surface area (Å²) in [5.41, 5.74) is 4.16. The lowest BCUT2D eigenvalue weighted by atomic mass is 10.2. The van der Waals surface area contributed by atoms with E-state index in [0.717, 1.165) is 22.6 Å². The smallest absolute Gasteiger partial charge is 0.274 e. The minimum absolute atomic E-state index is 0.177. The summed E-state index contributed by atoms with van der Waals surface area (Å²) in [6, 6.07) is 6.03. The van der Waals surface area contributed by atoms with Crippen molar-refractivity contribution in [3.05, 3.63) is 53.4 Å². The highest BCUT2D eigenvalue weighted by Crippen LogP contribution is 2.14. The molecule has 2 heterocycles. The molecule has 112 valence electrons. The molecule has 0 fully saturated rings. The fourth-order valence-corrected chi connectivity index (χ4v) is 2.25. The van der Waals surface area contributed by atoms with Crippen LogP contribution in [0.25, 0.3) is 11.0 Å². The number of nitrogens with zero attached hydrogens (tertiary/aromatic N) is 4. The van der Waals surface area contributed by atoms with Gasteiger partial charge in [0.2, 0.25) is 0 Å². The first-order chi connectivity index (χ1) is 10.5. The lowest BCUT2D eigenvalue weighted by Gasteiger charge is -2.14. The summed E-state index contributed by atoms with van der Waals surface area (Å²) < 4.78 is 0. The molecule has 2 aromatic heterocycles. The van der Waals surface area contributed by atoms with Crippen molar-refractivity contribution in [2.45, 2.75) is 20.4 Å². The maximum absolute atomic E-state index is 12.3. The van der Waals surface area contributed by atoms with Gasteiger partial charge in [0, 0.05) is 13.2 Å². The molecule has 3 rings (SSSR count). The Kier molecular flexibility index (Phi) is 3.58. The molecular formula is C16H17N5O. The number of aromatic amines is 1. The van der Waals surface area contributed by atoms with Crippen LogP contribution in [0.1, 0.15) is 27.6 Å². The SMILES string of the molecule is Cc1ccc2nc(CN(C)C(=O)c3cnc(C)cn3)[nH]c2c1. The molecular weight excluding hydrogens is 278 g/mol. The highest BCUT2D eigenvalue weighted by Gasteiger charge is 2.15. The van der Waals surface area contributed by atoms with E-state index in [-0.39, 0.29) is 5.91 Å². The molecule has 6 nitrogen and oxygen atoms in total. The Morgan fingerprint density at radius 2 is 2.05 bits per heavy atom. The van der Waals surface area contributed by atoms with Crippen LogP contribution < -0.4 is 0 Å². The maximum Gasteiger partial charge on any atom is 0.274 e. The Balaban J connectivity index is 1.78. The molecule has 1 amide bonds. The van der Waals surface area contributed by atoms with E-state index in [2.05, 4.69) is 19.9 Å². The van der Waals surface area contributed by atoms with E-state index in [4.69, 9.17) is 0 Å². The maximum atomic E-state index is 12.3. The van der Waals surface area contributed by atoms with Crippen LogP contribution in [0.3, 0.4) is 0 Å². The molecule has 0 aliphatic rings. The number of fused-ring (bicyclic) bond motifs is 1. The number of hydrogen-bond donors (Lipinski definition) is 1. The van der Waals surface area contributed by atoms with Crippen molar-refractivity contribution < 1.29 is 4.79 Å². The molecule has 1 N–H and O–H groups in total. The van der Waals surface area contributed by atoms with Crippen molar-refractivity contribution in [3.8, 4) is 0 Å². The lowest BCUT2D eigenvalue weighted by Crippen LogP contribution is -2.27. The number of hydrogen-bond acceptors (Lipinski definition) is 4. The van der Waals surface area contributed by atoms with E-state index in [1.54, 1.807) is 18.1 Å². The third-order valence-corrected chi connectivity index (χ3v) is 3.42. The lowest BCUT2D eigenvalue weighted by molar-refractivity contribution is 0.0775. The first-order valence-corrected chi connectivity index (χ1v) is 7.02. The molecule has 0 unspecified atom stereocenters. The summed E-state index contributed by atoms with van der Waals surface area (Å²) in [6.45, 7) is 4.26. The molecule has 0 saturated carbocycles. The monoisotopic (exact) mass is 295 g/mol. The molecule has 0 saturated heterocycles. The zero-order chi connectivity index (χ0) is 15.7. The van der Waals surface area contributed by atoms with E-state index in [0.29, 0.717) is 12.2 Å². The Morgan fingerprint density at radius 1 is 1.23 bits per heavy atom. The van der Waals surface area contributed by atoms with Crippen molar-refractivity contribution in [2.75, 3.05) is 7.05 Å². The van der Waals surface area contributed by atoms with E-state index < -0.39 is 0 Å². The van der Waals surface area contributed by atoms with E-state index in [9.17, 15) is 4.79 Å². The predicted molar refractivity (Wildman–Crippen MR) is 83.4 cm³/mol. The molecule has 0 bridgehead atoms. The number of amides is 1. The van der Waals surface area contributed by atoms with Gasteiger partial charge in [0.1, 0.15) is 11.5 Å². The third-order valence-electron chi connectivity index (χ3n) is 3.42. The highest BCUT2D eigenvalue weighted by molar-refractivity contribution is 5.91. The van der Waals surface area contributed by atoms with Gasteiger partial charge in [-0.25, -0.2) is 9.97 Å². The van der Waals surface area contributed by atoms with Gasteiger partial charge in [0.05, 0.1) is 29.5 Å². The van der Waals surface area contributed by atoms with Crippen molar-refractivity contribution in [1.29, 1.82) is 0 Å². The summed E-state index contributed by atoms with van der Waals surface area (Å²) in [5.74, 6) is 0.570. The minimum Gasteiger partial charge on any atom is -0.340 e. The van der Waals surface area contributed by atoms with Crippen LogP contribution in [-0.2, 0) is 6.54 Å². The summed E-state index contributed by atoms with van der Waals surface area (Å²) >= 11 is 0. The van der Waals surface area contributed by atoms with Crippen molar-refractivity contribution in [1.82, 2.24) is 24.8 Å². The zero-order valence-electron chi connectivity index (χ0n) is 12.8. The van der Waals surface area contributed by atoms with Crippen LogP contribution >= 0.6 is 0 Å². The summed E-state index contributed by atoms with van der Waals surface area (Å²) in [6.07, 6.45) is 3.08. The molecule has 0 aliphatic heterocycles. The van der Waals surface area contributed by atoms with Gasteiger partial charge in [-0.05, 0) is 31.5 Å². The van der Waals surface area contributed by atoms with Crippen LogP contribution in [0.2, 0.25) is 0 Å². The largest absolute Gasteiger partial charge is 0.340 e. The Hall–Kier alpha value is -2.76. The van der Waals surface area contributed by atoms with Crippen LogP contribution in [0.4, 0.5) is 0 Å². The Labute approximate surface area is 128 Å². The van der Waals surface area contributed by atoms with Gasteiger partial charge in [-0.2, -0.15) is 0 Å². The second-order valence-corrected chi connectivity index (χ2v) is 5.41. The summed E-state index contributed by atoms with van der Waals surface area (Å²) in [4.78, 5) is 29.8. The van der Waals surface area contributed by atoms with Gasteiger partial charge >= 0.3 is 0 Å². The predicted octanol–water partition coefficient (Wildman–Crippen LogP) is 2.24. The standard InChI is InChI=1S/C16H17N5O/c1-10-4-5-12-13(6-10)20-15(19-12)9-21(3)16(22)14-8-17-11(2)7-18-14/h4-8H,9H2,1-3H3,(H,19,20). The Morgan fingerprint density at radius 3 is 2.77 bits per heavy atom. The highest BCUT2D eigenvalue weighted by atomic mass is 16.2. The van der Waals surface area contributed by atoms with Gasteiger partial charge in [-0.3, -0.25) is 9.78 Å². The topological polar surface area (TPSA) is 74.8 Å². The molecule has 0 atom stereocenters. The average molecular weight is 295 g/mol. The number of H-pyrrole nitrogens is 1. The van der Waals surface area contributed by atoms with Crippen LogP contribution in [0, 0.1) is 13.8 Å². The number of aromatic nitrogens is 4.